The Labute approximate surface area is 120 Å². The molecule has 0 aliphatic carbocycles. The highest BCUT2D eigenvalue weighted by molar-refractivity contribution is 5.64. The van der Waals surface area contributed by atoms with E-state index in [0.717, 1.165) is 48.1 Å². The van der Waals surface area contributed by atoms with Crippen molar-refractivity contribution in [3.63, 3.8) is 0 Å². The lowest BCUT2D eigenvalue weighted by atomic mass is 10.2. The van der Waals surface area contributed by atoms with E-state index < -0.39 is 0 Å². The van der Waals surface area contributed by atoms with Crippen molar-refractivity contribution in [3.05, 3.63) is 41.7 Å². The van der Waals surface area contributed by atoms with E-state index in [0.29, 0.717) is 0 Å². The second-order valence-corrected chi connectivity index (χ2v) is 4.73. The van der Waals surface area contributed by atoms with Crippen molar-refractivity contribution in [1.82, 2.24) is 9.97 Å². The molecule has 1 heterocycles. The van der Waals surface area contributed by atoms with Gasteiger partial charge in [-0.05, 0) is 25.5 Å². The van der Waals surface area contributed by atoms with Crippen molar-refractivity contribution in [1.29, 1.82) is 0 Å². The molecule has 2 N–H and O–H groups in total. The van der Waals surface area contributed by atoms with Gasteiger partial charge >= 0.3 is 0 Å². The molecule has 0 fully saturated rings. The molecule has 0 unspecified atom stereocenters. The molecule has 0 amide bonds. The average Bonchev–Trinajstić information content (AvgIpc) is 2.49. The van der Waals surface area contributed by atoms with Crippen LogP contribution in [0.4, 0.5) is 17.3 Å². The Hall–Kier alpha value is -2.10. The molecule has 0 atom stereocenters. The third kappa shape index (κ3) is 3.47. The van der Waals surface area contributed by atoms with Gasteiger partial charge in [-0.3, -0.25) is 0 Å². The van der Waals surface area contributed by atoms with E-state index in [-0.39, 0.29) is 0 Å². The smallest absolute Gasteiger partial charge is 0.139 e. The Balaban J connectivity index is 2.31. The minimum atomic E-state index is 0.824. The fourth-order valence-corrected chi connectivity index (χ4v) is 1.92. The van der Waals surface area contributed by atoms with Gasteiger partial charge in [-0.15, -0.1) is 0 Å². The van der Waals surface area contributed by atoms with Gasteiger partial charge in [0.15, 0.2) is 0 Å². The molecule has 0 spiro atoms. The molecule has 0 aliphatic rings. The Bertz CT molecular complexity index is 552. The van der Waals surface area contributed by atoms with Gasteiger partial charge in [0.1, 0.15) is 17.5 Å². The van der Waals surface area contributed by atoms with E-state index in [1.807, 2.05) is 37.3 Å². The van der Waals surface area contributed by atoms with Crippen LogP contribution in [0, 0.1) is 6.92 Å². The van der Waals surface area contributed by atoms with Gasteiger partial charge in [0.2, 0.25) is 0 Å². The topological polar surface area (TPSA) is 49.8 Å². The van der Waals surface area contributed by atoms with Crippen molar-refractivity contribution >= 4 is 17.3 Å². The SMILES string of the molecule is CCCNc1nc(CC)nc(Nc2ccccc2)c1C. The van der Waals surface area contributed by atoms with Gasteiger partial charge in [0.25, 0.3) is 0 Å². The number of aromatic nitrogens is 2. The molecule has 2 aromatic rings. The maximum Gasteiger partial charge on any atom is 0.139 e. The summed E-state index contributed by atoms with van der Waals surface area (Å²) in [5.41, 5.74) is 2.09. The van der Waals surface area contributed by atoms with Crippen molar-refractivity contribution in [2.45, 2.75) is 33.6 Å². The first kappa shape index (κ1) is 14.3. The van der Waals surface area contributed by atoms with E-state index in [9.17, 15) is 0 Å². The van der Waals surface area contributed by atoms with Crippen LogP contribution in [0.5, 0.6) is 0 Å². The zero-order valence-corrected chi connectivity index (χ0v) is 12.4. The molecule has 106 valence electrons. The molecule has 0 bridgehead atoms. The van der Waals surface area contributed by atoms with E-state index >= 15 is 0 Å². The number of para-hydroxylation sites is 1. The highest BCUT2D eigenvalue weighted by Crippen LogP contribution is 2.23. The van der Waals surface area contributed by atoms with Crippen LogP contribution >= 0.6 is 0 Å². The largest absolute Gasteiger partial charge is 0.370 e. The maximum absolute atomic E-state index is 4.59. The van der Waals surface area contributed by atoms with Gasteiger partial charge in [-0.1, -0.05) is 32.0 Å². The Morgan fingerprint density at radius 2 is 1.70 bits per heavy atom. The molecule has 0 saturated heterocycles. The fraction of sp³-hybridized carbons (Fsp3) is 0.375. The summed E-state index contributed by atoms with van der Waals surface area (Å²) in [5, 5.41) is 6.75. The zero-order chi connectivity index (χ0) is 14.4. The van der Waals surface area contributed by atoms with E-state index in [2.05, 4.69) is 34.4 Å². The molecule has 20 heavy (non-hydrogen) atoms. The van der Waals surface area contributed by atoms with Crippen LogP contribution in [-0.2, 0) is 6.42 Å². The molecule has 4 nitrogen and oxygen atoms in total. The van der Waals surface area contributed by atoms with Crippen LogP contribution < -0.4 is 10.6 Å². The van der Waals surface area contributed by atoms with E-state index in [1.165, 1.54) is 0 Å². The van der Waals surface area contributed by atoms with Crippen LogP contribution in [0.25, 0.3) is 0 Å². The number of nitrogens with one attached hydrogen (secondary N) is 2. The fourth-order valence-electron chi connectivity index (χ4n) is 1.92. The number of aryl methyl sites for hydroxylation is 1. The van der Waals surface area contributed by atoms with Crippen LogP contribution in [-0.4, -0.2) is 16.5 Å². The Morgan fingerprint density at radius 3 is 2.35 bits per heavy atom. The summed E-state index contributed by atoms with van der Waals surface area (Å²) in [6, 6.07) is 10.1. The number of hydrogen-bond donors (Lipinski definition) is 2. The molecular weight excluding hydrogens is 248 g/mol. The van der Waals surface area contributed by atoms with E-state index in [1.54, 1.807) is 0 Å². The number of nitrogens with zero attached hydrogens (tertiary/aromatic N) is 2. The molecule has 0 radical (unpaired) electrons. The number of rotatable bonds is 6. The second kappa shape index (κ2) is 6.89. The van der Waals surface area contributed by atoms with Crippen molar-refractivity contribution in [2.75, 3.05) is 17.2 Å². The van der Waals surface area contributed by atoms with E-state index in [4.69, 9.17) is 0 Å². The minimum Gasteiger partial charge on any atom is -0.370 e. The Morgan fingerprint density at radius 1 is 1.00 bits per heavy atom. The van der Waals surface area contributed by atoms with Gasteiger partial charge in [-0.2, -0.15) is 0 Å². The quantitative estimate of drug-likeness (QED) is 0.835. The molecule has 4 heteroatoms. The van der Waals surface area contributed by atoms with Crippen LogP contribution in [0.15, 0.2) is 30.3 Å². The van der Waals surface area contributed by atoms with Crippen molar-refractivity contribution in [2.24, 2.45) is 0 Å². The number of anilines is 3. The van der Waals surface area contributed by atoms with Crippen LogP contribution in [0.3, 0.4) is 0 Å². The second-order valence-electron chi connectivity index (χ2n) is 4.73. The maximum atomic E-state index is 4.59. The lowest BCUT2D eigenvalue weighted by molar-refractivity contribution is 0.911. The summed E-state index contributed by atoms with van der Waals surface area (Å²) >= 11 is 0. The summed E-state index contributed by atoms with van der Waals surface area (Å²) in [5.74, 6) is 2.66. The molecule has 0 saturated carbocycles. The third-order valence-electron chi connectivity index (χ3n) is 3.09. The number of benzene rings is 1. The summed E-state index contributed by atoms with van der Waals surface area (Å²) < 4.78 is 0. The first-order valence-corrected chi connectivity index (χ1v) is 7.18. The van der Waals surface area contributed by atoms with Gasteiger partial charge in [0, 0.05) is 24.2 Å². The van der Waals surface area contributed by atoms with Gasteiger partial charge in [0.05, 0.1) is 0 Å². The summed E-state index contributed by atoms with van der Waals surface area (Å²) in [6.07, 6.45) is 1.90. The minimum absolute atomic E-state index is 0.824. The molecule has 1 aromatic carbocycles. The first-order chi connectivity index (χ1) is 9.74. The van der Waals surface area contributed by atoms with Crippen LogP contribution in [0.2, 0.25) is 0 Å². The van der Waals surface area contributed by atoms with Crippen molar-refractivity contribution in [3.8, 4) is 0 Å². The predicted octanol–water partition coefficient (Wildman–Crippen LogP) is 3.91. The highest BCUT2D eigenvalue weighted by atomic mass is 15.1. The zero-order valence-electron chi connectivity index (χ0n) is 12.4. The average molecular weight is 270 g/mol. The van der Waals surface area contributed by atoms with Gasteiger partial charge < -0.3 is 10.6 Å². The summed E-state index contributed by atoms with van der Waals surface area (Å²) in [4.78, 5) is 9.16. The summed E-state index contributed by atoms with van der Waals surface area (Å²) in [7, 11) is 0. The Kier molecular flexibility index (Phi) is 4.93. The molecule has 1 aromatic heterocycles. The van der Waals surface area contributed by atoms with Crippen LogP contribution in [0.1, 0.15) is 31.7 Å². The normalized spacial score (nSPS) is 10.3. The molecule has 0 aliphatic heterocycles. The monoisotopic (exact) mass is 270 g/mol. The lowest BCUT2D eigenvalue weighted by Crippen LogP contribution is -2.10. The predicted molar refractivity (Wildman–Crippen MR) is 84.7 cm³/mol. The summed E-state index contributed by atoms with van der Waals surface area (Å²) in [6.45, 7) is 7.18. The highest BCUT2D eigenvalue weighted by Gasteiger charge is 2.10. The molecule has 2 rings (SSSR count). The molecular formula is C16H22N4. The van der Waals surface area contributed by atoms with Gasteiger partial charge in [-0.25, -0.2) is 9.97 Å². The van der Waals surface area contributed by atoms with Crippen molar-refractivity contribution < 1.29 is 0 Å². The lowest BCUT2D eigenvalue weighted by Gasteiger charge is -2.14. The first-order valence-electron chi connectivity index (χ1n) is 7.18. The standard InChI is InChI=1S/C16H22N4/c1-4-11-17-15-12(3)16(20-14(5-2)19-15)18-13-9-7-6-8-10-13/h6-10H,4-5,11H2,1-3H3,(H2,17,18,19,20). The third-order valence-corrected chi connectivity index (χ3v) is 3.09. The number of hydrogen-bond acceptors (Lipinski definition) is 4.